The molecule has 0 bridgehead atoms. The number of benzene rings is 2. The lowest BCUT2D eigenvalue weighted by Gasteiger charge is -2.26. The minimum Gasteiger partial charge on any atom is -0.507 e. The largest absolute Gasteiger partial charge is 0.507 e. The van der Waals surface area contributed by atoms with E-state index in [2.05, 4.69) is 0 Å². The van der Waals surface area contributed by atoms with Crippen LogP contribution in [-0.2, 0) is 14.3 Å². The van der Waals surface area contributed by atoms with Gasteiger partial charge in [-0.1, -0.05) is 17.7 Å². The number of hydrogen-bond acceptors (Lipinski definition) is 8. The summed E-state index contributed by atoms with van der Waals surface area (Å²) in [7, 11) is 4.35. The molecule has 0 radical (unpaired) electrons. The van der Waals surface area contributed by atoms with Gasteiger partial charge < -0.3 is 34.1 Å². The van der Waals surface area contributed by atoms with Crippen LogP contribution in [0.3, 0.4) is 0 Å². The van der Waals surface area contributed by atoms with Crippen LogP contribution in [-0.4, -0.2) is 67.9 Å². The molecule has 1 saturated heterocycles. The van der Waals surface area contributed by atoms with Gasteiger partial charge in [-0.25, -0.2) is 0 Å². The predicted molar refractivity (Wildman–Crippen MR) is 129 cm³/mol. The lowest BCUT2D eigenvalue weighted by Crippen LogP contribution is -2.31. The van der Waals surface area contributed by atoms with E-state index in [-0.39, 0.29) is 45.7 Å². The van der Waals surface area contributed by atoms with Gasteiger partial charge in [0.25, 0.3) is 11.7 Å². The summed E-state index contributed by atoms with van der Waals surface area (Å²) < 4.78 is 21.2. The van der Waals surface area contributed by atoms with Crippen LogP contribution in [0.25, 0.3) is 5.76 Å². The van der Waals surface area contributed by atoms with E-state index >= 15 is 0 Å². The highest BCUT2D eigenvalue weighted by molar-refractivity contribution is 6.46. The molecular weight excluding hydrogens is 478 g/mol. The molecular formula is C25H28ClNO8. The van der Waals surface area contributed by atoms with Gasteiger partial charge >= 0.3 is 0 Å². The first-order valence-corrected chi connectivity index (χ1v) is 11.3. The third-order valence-electron chi connectivity index (χ3n) is 5.62. The Morgan fingerprint density at radius 2 is 1.77 bits per heavy atom. The Labute approximate surface area is 208 Å². The van der Waals surface area contributed by atoms with Crippen molar-refractivity contribution in [2.24, 2.45) is 0 Å². The molecule has 188 valence electrons. The van der Waals surface area contributed by atoms with E-state index in [0.717, 1.165) is 0 Å². The zero-order valence-electron chi connectivity index (χ0n) is 20.0. The van der Waals surface area contributed by atoms with Crippen LogP contribution in [0.1, 0.15) is 30.5 Å². The molecule has 10 heteroatoms. The molecule has 0 spiro atoms. The molecule has 1 amide bonds. The number of amides is 1. The number of phenols is 1. The molecule has 35 heavy (non-hydrogen) atoms. The van der Waals surface area contributed by atoms with Crippen molar-refractivity contribution in [3.63, 3.8) is 0 Å². The van der Waals surface area contributed by atoms with Crippen LogP contribution in [0.2, 0.25) is 5.02 Å². The van der Waals surface area contributed by atoms with Gasteiger partial charge in [-0.2, -0.15) is 0 Å². The van der Waals surface area contributed by atoms with Crippen LogP contribution in [0.5, 0.6) is 23.0 Å². The third kappa shape index (κ3) is 5.16. The van der Waals surface area contributed by atoms with Crippen molar-refractivity contribution in [2.45, 2.75) is 19.4 Å². The lowest BCUT2D eigenvalue weighted by molar-refractivity contribution is -0.140. The molecule has 1 unspecified atom stereocenters. The normalized spacial score (nSPS) is 17.1. The van der Waals surface area contributed by atoms with Crippen LogP contribution < -0.4 is 14.2 Å². The number of carbonyl (C=O) groups is 2. The number of hydrogen-bond donors (Lipinski definition) is 2. The molecule has 1 heterocycles. The fourth-order valence-electron chi connectivity index (χ4n) is 4.00. The van der Waals surface area contributed by atoms with Gasteiger partial charge in [-0.05, 0) is 37.1 Å². The van der Waals surface area contributed by atoms with Gasteiger partial charge in [0.15, 0.2) is 11.5 Å². The average molecular weight is 506 g/mol. The van der Waals surface area contributed by atoms with Gasteiger partial charge in [0.1, 0.15) is 17.3 Å². The van der Waals surface area contributed by atoms with Gasteiger partial charge in [0.05, 0.1) is 43.0 Å². The maximum Gasteiger partial charge on any atom is 0.295 e. The summed E-state index contributed by atoms with van der Waals surface area (Å²) in [5.41, 5.74) is 0.477. The number of ether oxygens (including phenoxy) is 4. The molecule has 2 aromatic rings. The number of carbonyl (C=O) groups excluding carboxylic acids is 2. The first-order valence-electron chi connectivity index (χ1n) is 10.9. The average Bonchev–Trinajstić information content (AvgIpc) is 3.10. The zero-order valence-corrected chi connectivity index (χ0v) is 20.7. The summed E-state index contributed by atoms with van der Waals surface area (Å²) in [6.07, 6.45) is 0.467. The molecule has 0 aliphatic carbocycles. The molecule has 0 aromatic heterocycles. The minimum absolute atomic E-state index is 0.0870. The second-order valence-electron chi connectivity index (χ2n) is 7.69. The zero-order chi connectivity index (χ0) is 25.7. The number of likely N-dealkylation sites (tertiary alicyclic amines) is 1. The second-order valence-corrected chi connectivity index (χ2v) is 8.09. The molecule has 2 N–H and O–H groups in total. The fraction of sp³-hybridized carbons (Fsp3) is 0.360. The highest BCUT2D eigenvalue weighted by Gasteiger charge is 2.46. The monoisotopic (exact) mass is 505 g/mol. The molecule has 9 nitrogen and oxygen atoms in total. The number of aromatic hydroxyl groups is 1. The van der Waals surface area contributed by atoms with E-state index in [0.29, 0.717) is 25.2 Å². The van der Waals surface area contributed by atoms with Crippen LogP contribution >= 0.6 is 11.6 Å². The summed E-state index contributed by atoms with van der Waals surface area (Å²) in [5.74, 6) is -1.51. The summed E-state index contributed by atoms with van der Waals surface area (Å²) in [6.45, 7) is 2.64. The van der Waals surface area contributed by atoms with E-state index in [9.17, 15) is 19.8 Å². The maximum absolute atomic E-state index is 13.2. The van der Waals surface area contributed by atoms with Gasteiger partial charge in [-0.3, -0.25) is 9.59 Å². The molecule has 0 saturated carbocycles. The molecule has 1 fully saturated rings. The van der Waals surface area contributed by atoms with Crippen molar-refractivity contribution < 1.29 is 38.7 Å². The number of methoxy groups -OCH3 is 3. The summed E-state index contributed by atoms with van der Waals surface area (Å²) in [4.78, 5) is 27.7. The van der Waals surface area contributed by atoms with Crippen molar-refractivity contribution in [3.05, 3.63) is 52.1 Å². The molecule has 2 aromatic carbocycles. The summed E-state index contributed by atoms with van der Waals surface area (Å²) in [6, 6.07) is 6.48. The van der Waals surface area contributed by atoms with Crippen molar-refractivity contribution in [2.75, 3.05) is 41.1 Å². The van der Waals surface area contributed by atoms with E-state index in [1.807, 2.05) is 0 Å². The topological polar surface area (TPSA) is 115 Å². The van der Waals surface area contributed by atoms with E-state index < -0.39 is 23.5 Å². The van der Waals surface area contributed by atoms with E-state index in [4.69, 9.17) is 30.5 Å². The molecule has 1 aliphatic heterocycles. The second kappa shape index (κ2) is 11.3. The third-order valence-corrected chi connectivity index (χ3v) is 5.91. The van der Waals surface area contributed by atoms with Crippen molar-refractivity contribution in [1.29, 1.82) is 0 Å². The summed E-state index contributed by atoms with van der Waals surface area (Å²) in [5, 5.41) is 21.8. The Hall–Kier alpha value is -3.43. The lowest BCUT2D eigenvalue weighted by atomic mass is 9.94. The summed E-state index contributed by atoms with van der Waals surface area (Å²) >= 11 is 6.20. The van der Waals surface area contributed by atoms with Crippen LogP contribution in [0, 0.1) is 0 Å². The van der Waals surface area contributed by atoms with Crippen LogP contribution in [0.4, 0.5) is 0 Å². The predicted octanol–water partition coefficient (Wildman–Crippen LogP) is 3.92. The Bertz CT molecular complexity index is 1150. The standard InChI is InChI=1S/C25H28ClNO8/c1-5-35-20-11-14(7-8-17(20)28)22-21(24(30)25(31)27(22)9-6-10-32-2)23(29)15-12-19(34-4)16(26)13-18(15)33-3/h7-8,11-13,22,28-29H,5-6,9-10H2,1-4H3/b23-21+. The highest BCUT2D eigenvalue weighted by Crippen LogP contribution is 2.44. The quantitative estimate of drug-likeness (QED) is 0.216. The molecule has 1 aliphatic rings. The minimum atomic E-state index is -0.946. The fourth-order valence-corrected chi connectivity index (χ4v) is 4.23. The number of ketones is 1. The Morgan fingerprint density at radius 1 is 1.06 bits per heavy atom. The SMILES string of the molecule is CCOc1cc(C2/C(=C(\O)c3cc(OC)c(Cl)cc3OC)C(=O)C(=O)N2CCCOC)ccc1O. The number of rotatable bonds is 10. The number of aliphatic hydroxyl groups is 1. The van der Waals surface area contributed by atoms with Crippen LogP contribution in [0.15, 0.2) is 35.9 Å². The number of nitrogens with zero attached hydrogens (tertiary/aromatic N) is 1. The highest BCUT2D eigenvalue weighted by atomic mass is 35.5. The first-order chi connectivity index (χ1) is 16.8. The maximum atomic E-state index is 13.2. The number of aliphatic hydroxyl groups excluding tert-OH is 1. The Morgan fingerprint density at radius 3 is 2.40 bits per heavy atom. The molecule has 1 atom stereocenters. The van der Waals surface area contributed by atoms with Gasteiger partial charge in [-0.15, -0.1) is 0 Å². The Kier molecular flexibility index (Phi) is 8.48. The molecule has 3 rings (SSSR count). The number of Topliss-reactive ketones (excluding diaryl/α,β-unsaturated/α-hetero) is 1. The van der Waals surface area contributed by atoms with Crippen molar-refractivity contribution >= 4 is 29.1 Å². The van der Waals surface area contributed by atoms with Crippen molar-refractivity contribution in [3.8, 4) is 23.0 Å². The number of halogens is 1. The van der Waals surface area contributed by atoms with E-state index in [1.165, 1.54) is 37.3 Å². The van der Waals surface area contributed by atoms with Gasteiger partial charge in [0.2, 0.25) is 0 Å². The van der Waals surface area contributed by atoms with E-state index in [1.54, 1.807) is 26.2 Å². The Balaban J connectivity index is 2.25. The first kappa shape index (κ1) is 26.2. The van der Waals surface area contributed by atoms with Crippen molar-refractivity contribution in [1.82, 2.24) is 4.90 Å². The number of phenolic OH excluding ortho intramolecular Hbond substituents is 1. The smallest absolute Gasteiger partial charge is 0.295 e. The van der Waals surface area contributed by atoms with Gasteiger partial charge in [0, 0.05) is 26.3 Å².